The van der Waals surface area contributed by atoms with Crippen LogP contribution in [-0.2, 0) is 0 Å². The Hall–Kier alpha value is -1.18. The van der Waals surface area contributed by atoms with Crippen LogP contribution in [0.4, 0.5) is 8.78 Å². The van der Waals surface area contributed by atoms with E-state index in [0.29, 0.717) is 20.8 Å². The smallest absolute Gasteiger partial charge is 0.201 e. The minimum Gasteiger partial charge on any atom is -0.201 e. The van der Waals surface area contributed by atoms with Crippen LogP contribution in [0.2, 0.25) is 10.0 Å². The summed E-state index contributed by atoms with van der Waals surface area (Å²) in [5.41, 5.74) is 0.564. The first-order chi connectivity index (χ1) is 11.0. The molecule has 0 aliphatic heterocycles. The maximum absolute atomic E-state index is 13.0. The summed E-state index contributed by atoms with van der Waals surface area (Å²) in [6.45, 7) is 2.05. The molecule has 2 rings (SSSR count). The molecule has 0 fully saturated rings. The van der Waals surface area contributed by atoms with Gasteiger partial charge in [0.1, 0.15) is 0 Å². The zero-order valence-corrected chi connectivity index (χ0v) is 14.5. The lowest BCUT2D eigenvalue weighted by Gasteiger charge is -2.04. The van der Waals surface area contributed by atoms with Gasteiger partial charge in [-0.1, -0.05) is 54.4 Å². The van der Waals surface area contributed by atoms with Crippen molar-refractivity contribution in [1.29, 1.82) is 0 Å². The molecular weight excluding hydrogens is 365 g/mol. The molecule has 0 saturated carbocycles. The van der Waals surface area contributed by atoms with Gasteiger partial charge in [-0.05, 0) is 18.6 Å². The highest BCUT2D eigenvalue weighted by Gasteiger charge is 2.20. The van der Waals surface area contributed by atoms with Gasteiger partial charge in [0, 0.05) is 16.3 Å². The topological polar surface area (TPSA) is 43.1 Å². The number of alkyl halides is 2. The van der Waals surface area contributed by atoms with Crippen LogP contribution in [0.15, 0.2) is 28.5 Å². The summed E-state index contributed by atoms with van der Waals surface area (Å²) in [4.78, 5) is 0. The molecule has 4 nitrogen and oxygen atoms in total. The van der Waals surface area contributed by atoms with Crippen molar-refractivity contribution in [3.63, 3.8) is 0 Å². The number of thioether (sulfide) groups is 1. The van der Waals surface area contributed by atoms with E-state index in [4.69, 9.17) is 23.2 Å². The molecule has 1 aromatic carbocycles. The Morgan fingerprint density at radius 1 is 1.35 bits per heavy atom. The van der Waals surface area contributed by atoms with Crippen LogP contribution in [0, 0.1) is 0 Å². The Bertz CT molecular complexity index is 691. The second-order valence-electron chi connectivity index (χ2n) is 4.57. The van der Waals surface area contributed by atoms with E-state index in [0.717, 1.165) is 23.3 Å². The number of hydrogen-bond donors (Lipinski definition) is 0. The van der Waals surface area contributed by atoms with Gasteiger partial charge in [-0.25, -0.2) is 8.78 Å². The number of benzene rings is 1. The fraction of sp³-hybridized carbons (Fsp3) is 0.357. The van der Waals surface area contributed by atoms with Crippen molar-refractivity contribution in [2.75, 3.05) is 5.75 Å². The maximum atomic E-state index is 13.0. The van der Waals surface area contributed by atoms with E-state index in [1.807, 2.05) is 0 Å². The average molecular weight is 379 g/mol. The van der Waals surface area contributed by atoms with E-state index in [9.17, 15) is 8.78 Å². The Balaban J connectivity index is 2.28. The summed E-state index contributed by atoms with van der Waals surface area (Å²) < 4.78 is 27.1. The first-order valence-corrected chi connectivity index (χ1v) is 8.62. The molecule has 0 bridgehead atoms. The molecule has 0 amide bonds. The Kier molecular flexibility index (Phi) is 6.80. The first-order valence-electron chi connectivity index (χ1n) is 6.88. The lowest BCUT2D eigenvalue weighted by molar-refractivity contribution is 0.135. The van der Waals surface area contributed by atoms with Gasteiger partial charge in [0.25, 0.3) is 6.43 Å². The highest BCUT2D eigenvalue weighted by atomic mass is 35.5. The van der Waals surface area contributed by atoms with Gasteiger partial charge in [-0.15, -0.1) is 10.2 Å². The summed E-state index contributed by atoms with van der Waals surface area (Å²) >= 11 is 13.2. The first kappa shape index (κ1) is 18.2. The molecule has 0 unspecified atom stereocenters. The zero-order valence-electron chi connectivity index (χ0n) is 12.2. The Morgan fingerprint density at radius 2 is 2.13 bits per heavy atom. The third-order valence-electron chi connectivity index (χ3n) is 2.84. The van der Waals surface area contributed by atoms with Gasteiger partial charge in [-0.3, -0.25) is 0 Å². The van der Waals surface area contributed by atoms with E-state index in [2.05, 4.69) is 22.2 Å². The minimum absolute atomic E-state index is 0.329. The van der Waals surface area contributed by atoms with Gasteiger partial charge < -0.3 is 0 Å². The van der Waals surface area contributed by atoms with E-state index >= 15 is 0 Å². The summed E-state index contributed by atoms with van der Waals surface area (Å²) in [6.07, 6.45) is 0.583. The van der Waals surface area contributed by atoms with E-state index < -0.39 is 12.2 Å². The largest absolute Gasteiger partial charge is 0.299 e. The van der Waals surface area contributed by atoms with E-state index in [1.54, 1.807) is 18.2 Å². The quantitative estimate of drug-likeness (QED) is 0.373. The van der Waals surface area contributed by atoms with Crippen LogP contribution in [0.3, 0.4) is 0 Å². The summed E-state index contributed by atoms with van der Waals surface area (Å²) in [5.74, 6) is 0.264. The molecular formula is C14H14Cl2F2N4S. The van der Waals surface area contributed by atoms with Crippen LogP contribution in [0.1, 0.15) is 37.6 Å². The monoisotopic (exact) mass is 378 g/mol. The summed E-state index contributed by atoms with van der Waals surface area (Å²) in [6, 6.07) is 4.86. The second-order valence-corrected chi connectivity index (χ2v) is 6.47. The predicted octanol–water partition coefficient (Wildman–Crippen LogP) is 5.30. The lowest BCUT2D eigenvalue weighted by Crippen LogP contribution is -2.01. The molecule has 2 aromatic rings. The number of unbranched alkanes of at least 4 members (excludes halogenated alkanes) is 1. The molecule has 0 radical (unpaired) electrons. The van der Waals surface area contributed by atoms with Gasteiger partial charge in [0.15, 0.2) is 0 Å². The molecule has 9 heteroatoms. The fourth-order valence-electron chi connectivity index (χ4n) is 1.65. The number of aromatic nitrogens is 3. The van der Waals surface area contributed by atoms with Crippen LogP contribution in [0.5, 0.6) is 0 Å². The van der Waals surface area contributed by atoms with Crippen molar-refractivity contribution in [1.82, 2.24) is 14.9 Å². The van der Waals surface area contributed by atoms with Crippen molar-refractivity contribution < 1.29 is 8.78 Å². The second kappa shape index (κ2) is 8.61. The van der Waals surface area contributed by atoms with Crippen LogP contribution in [0.25, 0.3) is 0 Å². The summed E-state index contributed by atoms with van der Waals surface area (Å²) in [5, 5.41) is 12.6. The van der Waals surface area contributed by atoms with E-state index in [1.165, 1.54) is 18.0 Å². The van der Waals surface area contributed by atoms with Crippen molar-refractivity contribution >= 4 is 41.2 Å². The minimum atomic E-state index is -2.76. The Morgan fingerprint density at radius 3 is 2.78 bits per heavy atom. The van der Waals surface area contributed by atoms with Crippen molar-refractivity contribution in [2.45, 2.75) is 31.3 Å². The SMILES string of the molecule is CCCCSc1nnc(C(F)F)n1/N=C/c1ccc(Cl)cc1Cl. The molecule has 0 aliphatic carbocycles. The third-order valence-corrected chi connectivity index (χ3v) is 4.40. The predicted molar refractivity (Wildman–Crippen MR) is 90.1 cm³/mol. The number of nitrogens with zero attached hydrogens (tertiary/aromatic N) is 4. The third kappa shape index (κ3) is 4.89. The van der Waals surface area contributed by atoms with Crippen molar-refractivity contribution in [2.24, 2.45) is 5.10 Å². The number of rotatable bonds is 7. The number of halogens is 4. The highest BCUT2D eigenvalue weighted by Crippen LogP contribution is 2.24. The standard InChI is InChI=1S/C14H14Cl2F2N4S/c1-2-3-6-23-14-21-20-13(12(17)18)22(14)19-8-9-4-5-10(15)7-11(9)16/h4-5,7-8,12H,2-3,6H2,1H3/b19-8+. The van der Waals surface area contributed by atoms with Crippen LogP contribution < -0.4 is 0 Å². The molecule has 0 spiro atoms. The molecule has 124 valence electrons. The summed E-state index contributed by atoms with van der Waals surface area (Å²) in [7, 11) is 0. The molecule has 23 heavy (non-hydrogen) atoms. The fourth-order valence-corrected chi connectivity index (χ4v) is 3.08. The van der Waals surface area contributed by atoms with Gasteiger partial charge in [-0.2, -0.15) is 9.78 Å². The van der Waals surface area contributed by atoms with E-state index in [-0.39, 0.29) is 0 Å². The molecule has 0 aliphatic rings. The van der Waals surface area contributed by atoms with Crippen molar-refractivity contribution in [3.8, 4) is 0 Å². The molecule has 0 atom stereocenters. The Labute approximate surface area is 146 Å². The van der Waals surface area contributed by atoms with Gasteiger partial charge in [0.05, 0.1) is 11.2 Å². The van der Waals surface area contributed by atoms with Gasteiger partial charge in [0.2, 0.25) is 11.0 Å². The molecule has 1 heterocycles. The van der Waals surface area contributed by atoms with Crippen LogP contribution in [-0.4, -0.2) is 26.8 Å². The highest BCUT2D eigenvalue weighted by molar-refractivity contribution is 7.99. The normalized spacial score (nSPS) is 11.7. The van der Waals surface area contributed by atoms with Crippen LogP contribution >= 0.6 is 35.0 Å². The average Bonchev–Trinajstić information content (AvgIpc) is 2.90. The molecule has 0 saturated heterocycles. The lowest BCUT2D eigenvalue weighted by atomic mass is 10.2. The molecule has 1 aromatic heterocycles. The number of hydrogen-bond acceptors (Lipinski definition) is 4. The van der Waals surface area contributed by atoms with Crippen molar-refractivity contribution in [3.05, 3.63) is 39.6 Å². The molecule has 0 N–H and O–H groups in total. The zero-order chi connectivity index (χ0) is 16.8. The van der Waals surface area contributed by atoms with Gasteiger partial charge >= 0.3 is 0 Å². The maximum Gasteiger partial charge on any atom is 0.299 e.